The Morgan fingerprint density at radius 2 is 2.05 bits per heavy atom. The van der Waals surface area contributed by atoms with Gasteiger partial charge in [0.15, 0.2) is 0 Å². The monoisotopic (exact) mass is 265 g/mol. The Hall–Kier alpha value is -1.10. The van der Waals surface area contributed by atoms with Gasteiger partial charge in [0.1, 0.15) is 0 Å². The van der Waals surface area contributed by atoms with Crippen LogP contribution in [0.5, 0.6) is 0 Å². The Balaban J connectivity index is 1.56. The lowest BCUT2D eigenvalue weighted by Gasteiger charge is -2.25. The van der Waals surface area contributed by atoms with Crippen molar-refractivity contribution in [1.29, 1.82) is 0 Å². The summed E-state index contributed by atoms with van der Waals surface area (Å²) in [5, 5.41) is 2.99. The van der Waals surface area contributed by atoms with Gasteiger partial charge in [-0.25, -0.2) is 0 Å². The summed E-state index contributed by atoms with van der Waals surface area (Å²) in [6, 6.07) is 0.363. The van der Waals surface area contributed by atoms with Crippen LogP contribution in [0, 0.1) is 5.92 Å². The number of nitrogens with two attached hydrogens (primary N) is 1. The number of carbonyl (C=O) groups excluding carboxylic acids is 2. The van der Waals surface area contributed by atoms with Gasteiger partial charge in [0.05, 0.1) is 11.6 Å². The summed E-state index contributed by atoms with van der Waals surface area (Å²) in [5.41, 5.74) is 5.44. The van der Waals surface area contributed by atoms with Gasteiger partial charge < -0.3 is 16.0 Å². The molecule has 0 radical (unpaired) electrons. The second-order valence-electron chi connectivity index (χ2n) is 6.56. The Morgan fingerprint density at radius 3 is 2.63 bits per heavy atom. The first-order chi connectivity index (χ1) is 8.99. The molecule has 3 N–H and O–H groups in total. The van der Waals surface area contributed by atoms with E-state index < -0.39 is 5.54 Å². The summed E-state index contributed by atoms with van der Waals surface area (Å²) in [4.78, 5) is 26.1. The average Bonchev–Trinajstić information content (AvgIpc) is 2.75. The fraction of sp³-hybridized carbons (Fsp3) is 0.857. The number of hydrogen-bond acceptors (Lipinski definition) is 3. The Bertz CT molecular complexity index is 403. The van der Waals surface area contributed by atoms with Crippen LogP contribution in [0.25, 0.3) is 0 Å². The number of nitrogens with one attached hydrogen (secondary N) is 1. The summed E-state index contributed by atoms with van der Waals surface area (Å²) in [6.45, 7) is 2.83. The molecule has 19 heavy (non-hydrogen) atoms. The van der Waals surface area contributed by atoms with Crippen molar-refractivity contribution in [2.75, 3.05) is 6.54 Å². The van der Waals surface area contributed by atoms with Crippen LogP contribution in [0.3, 0.4) is 0 Å². The van der Waals surface area contributed by atoms with Crippen LogP contribution in [0.15, 0.2) is 0 Å². The quantitative estimate of drug-likeness (QED) is 0.775. The largest absolute Gasteiger partial charge is 0.349 e. The van der Waals surface area contributed by atoms with E-state index in [-0.39, 0.29) is 17.9 Å². The van der Waals surface area contributed by atoms with Gasteiger partial charge in [0.2, 0.25) is 11.8 Å². The van der Waals surface area contributed by atoms with Gasteiger partial charge in [-0.15, -0.1) is 0 Å². The first kappa shape index (κ1) is 12.9. The molecule has 3 fully saturated rings. The number of nitrogens with zero attached hydrogens (tertiary/aromatic N) is 1. The van der Waals surface area contributed by atoms with Crippen LogP contribution in [0.1, 0.15) is 45.4 Å². The summed E-state index contributed by atoms with van der Waals surface area (Å²) >= 11 is 0. The number of amides is 2. The molecule has 3 rings (SSSR count). The number of likely N-dealkylation sites (tertiary alicyclic amines) is 1. The molecule has 1 heterocycles. The molecule has 106 valence electrons. The third-order valence-corrected chi connectivity index (χ3v) is 4.91. The van der Waals surface area contributed by atoms with Crippen molar-refractivity contribution in [2.24, 2.45) is 11.7 Å². The van der Waals surface area contributed by atoms with Crippen molar-refractivity contribution < 1.29 is 9.59 Å². The molecule has 1 saturated heterocycles. The van der Waals surface area contributed by atoms with Crippen molar-refractivity contribution in [2.45, 2.75) is 63.1 Å². The highest BCUT2D eigenvalue weighted by Gasteiger charge is 2.46. The molecule has 0 aromatic carbocycles. The number of rotatable bonds is 3. The van der Waals surface area contributed by atoms with E-state index in [9.17, 15) is 9.59 Å². The van der Waals surface area contributed by atoms with Gasteiger partial charge in [0, 0.05) is 19.0 Å². The maximum atomic E-state index is 12.2. The summed E-state index contributed by atoms with van der Waals surface area (Å²) in [7, 11) is 0. The molecule has 2 saturated carbocycles. The molecule has 5 nitrogen and oxygen atoms in total. The molecule has 0 bridgehead atoms. The van der Waals surface area contributed by atoms with E-state index in [4.69, 9.17) is 5.73 Å². The minimum Gasteiger partial charge on any atom is -0.349 e. The van der Waals surface area contributed by atoms with Crippen LogP contribution in [0.2, 0.25) is 0 Å². The predicted octanol–water partition coefficient (Wildman–Crippen LogP) is 0.383. The second kappa shape index (κ2) is 4.47. The predicted molar refractivity (Wildman–Crippen MR) is 71.2 cm³/mol. The molecule has 5 heteroatoms. The van der Waals surface area contributed by atoms with Gasteiger partial charge in [-0.05, 0) is 25.2 Å². The van der Waals surface area contributed by atoms with Crippen LogP contribution in [0.4, 0.5) is 0 Å². The maximum Gasteiger partial charge on any atom is 0.240 e. The first-order valence-electron chi connectivity index (χ1n) is 7.39. The first-order valence-corrected chi connectivity index (χ1v) is 7.39. The molecule has 1 aliphatic heterocycles. The van der Waals surface area contributed by atoms with Gasteiger partial charge in [-0.1, -0.05) is 19.8 Å². The van der Waals surface area contributed by atoms with Crippen LogP contribution in [-0.4, -0.2) is 40.9 Å². The van der Waals surface area contributed by atoms with Crippen molar-refractivity contribution in [3.8, 4) is 0 Å². The third-order valence-electron chi connectivity index (χ3n) is 4.91. The molecule has 2 amide bonds. The lowest BCUT2D eigenvalue weighted by Crippen LogP contribution is -2.54. The number of hydrogen-bond donors (Lipinski definition) is 2. The summed E-state index contributed by atoms with van der Waals surface area (Å²) < 4.78 is 0. The van der Waals surface area contributed by atoms with Gasteiger partial charge in [-0.2, -0.15) is 0 Å². The average molecular weight is 265 g/mol. The molecular formula is C14H23N3O2. The second-order valence-corrected chi connectivity index (χ2v) is 6.56. The molecule has 0 aromatic heterocycles. The Kier molecular flexibility index (Phi) is 3.04. The molecule has 3 atom stereocenters. The highest BCUT2D eigenvalue weighted by molar-refractivity contribution is 5.88. The zero-order chi connectivity index (χ0) is 13.6. The number of carbonyl (C=O) groups is 2. The van der Waals surface area contributed by atoms with Gasteiger partial charge in [0.25, 0.3) is 0 Å². The normalized spacial score (nSPS) is 36.6. The third kappa shape index (κ3) is 2.36. The van der Waals surface area contributed by atoms with E-state index in [1.54, 1.807) is 0 Å². The van der Waals surface area contributed by atoms with Crippen molar-refractivity contribution in [3.05, 3.63) is 0 Å². The summed E-state index contributed by atoms with van der Waals surface area (Å²) in [6.07, 6.45) is 5.13. The van der Waals surface area contributed by atoms with Gasteiger partial charge in [-0.3, -0.25) is 9.59 Å². The molecule has 2 aliphatic carbocycles. The molecule has 3 aliphatic rings. The molecular weight excluding hydrogens is 242 g/mol. The van der Waals surface area contributed by atoms with Crippen LogP contribution in [-0.2, 0) is 9.59 Å². The summed E-state index contributed by atoms with van der Waals surface area (Å²) in [5.74, 6) is 0.736. The smallest absolute Gasteiger partial charge is 0.240 e. The zero-order valence-corrected chi connectivity index (χ0v) is 11.5. The fourth-order valence-electron chi connectivity index (χ4n) is 3.45. The fourth-order valence-corrected chi connectivity index (χ4v) is 3.45. The highest BCUT2D eigenvalue weighted by Crippen LogP contribution is 2.37. The lowest BCUT2D eigenvalue weighted by atomic mass is 9.97. The topological polar surface area (TPSA) is 75.4 Å². The highest BCUT2D eigenvalue weighted by atomic mass is 16.2. The maximum absolute atomic E-state index is 12.2. The zero-order valence-electron chi connectivity index (χ0n) is 11.5. The molecule has 0 spiro atoms. The van der Waals surface area contributed by atoms with E-state index in [0.717, 1.165) is 32.1 Å². The van der Waals surface area contributed by atoms with E-state index in [1.807, 2.05) is 4.90 Å². The van der Waals surface area contributed by atoms with Crippen LogP contribution < -0.4 is 11.1 Å². The van der Waals surface area contributed by atoms with E-state index >= 15 is 0 Å². The molecule has 0 aromatic rings. The standard InChI is InChI=1S/C14H23N3O2/c1-9-6-11(9)17-8-10(7-12(17)18)16-13(19)14(15)4-2-3-5-14/h9-11H,2-8,15H2,1H3,(H,16,19)/t9-,10-,11+/m1/s1. The van der Waals surface area contributed by atoms with Gasteiger partial charge >= 0.3 is 0 Å². The van der Waals surface area contributed by atoms with E-state index in [2.05, 4.69) is 12.2 Å². The van der Waals surface area contributed by atoms with Crippen molar-refractivity contribution >= 4 is 11.8 Å². The lowest BCUT2D eigenvalue weighted by molar-refractivity contribution is -0.128. The minimum absolute atomic E-state index is 0.0474. The molecule has 0 unspecified atom stereocenters. The van der Waals surface area contributed by atoms with Crippen molar-refractivity contribution in [3.63, 3.8) is 0 Å². The SMILES string of the molecule is C[C@@H]1C[C@@H]1N1C[C@H](NC(=O)C2(N)CCCC2)CC1=O. The van der Waals surface area contributed by atoms with Crippen molar-refractivity contribution in [1.82, 2.24) is 10.2 Å². The minimum atomic E-state index is -0.691. The van der Waals surface area contributed by atoms with E-state index in [0.29, 0.717) is 24.9 Å². The van der Waals surface area contributed by atoms with Crippen LogP contribution >= 0.6 is 0 Å². The van der Waals surface area contributed by atoms with E-state index in [1.165, 1.54) is 0 Å². The Labute approximate surface area is 113 Å². The Morgan fingerprint density at radius 1 is 1.42 bits per heavy atom.